The topological polar surface area (TPSA) is 63.2 Å². The Morgan fingerprint density at radius 3 is 2.85 bits per heavy atom. The molecule has 7 heteroatoms. The van der Waals surface area contributed by atoms with Crippen LogP contribution in [0.15, 0.2) is 54.2 Å². The molecule has 0 aliphatic carbocycles. The van der Waals surface area contributed by atoms with Gasteiger partial charge >= 0.3 is 0 Å². The summed E-state index contributed by atoms with van der Waals surface area (Å²) in [5.41, 5.74) is 2.36. The highest BCUT2D eigenvalue weighted by Crippen LogP contribution is 2.19. The number of nitrogens with zero attached hydrogens (tertiary/aromatic N) is 4. The van der Waals surface area contributed by atoms with E-state index < -0.39 is 0 Å². The van der Waals surface area contributed by atoms with Crippen molar-refractivity contribution in [3.63, 3.8) is 0 Å². The van der Waals surface area contributed by atoms with Crippen molar-refractivity contribution in [2.75, 3.05) is 26.2 Å². The van der Waals surface area contributed by atoms with E-state index in [4.69, 9.17) is 4.74 Å². The highest BCUT2D eigenvalue weighted by atomic mass is 32.1. The summed E-state index contributed by atoms with van der Waals surface area (Å²) in [6.07, 6.45) is 3.69. The molecule has 3 heterocycles. The number of hydrogen-bond donors (Lipinski definition) is 1. The van der Waals surface area contributed by atoms with Crippen LogP contribution in [-0.2, 0) is 17.8 Å². The van der Waals surface area contributed by atoms with Crippen LogP contribution in [-0.4, -0.2) is 52.2 Å². The maximum atomic E-state index is 5.92. The van der Waals surface area contributed by atoms with E-state index in [1.54, 1.807) is 23.7 Å². The van der Waals surface area contributed by atoms with Crippen LogP contribution in [0.3, 0.4) is 0 Å². The minimum absolute atomic E-state index is 0.207. The van der Waals surface area contributed by atoms with E-state index in [0.717, 1.165) is 50.0 Å². The summed E-state index contributed by atoms with van der Waals surface area (Å²) in [4.78, 5) is 15.6. The number of ether oxygens (including phenoxy) is 1. The molecule has 1 atom stereocenters. The average molecular weight is 382 g/mol. The lowest BCUT2D eigenvalue weighted by Gasteiger charge is -2.33. The molecule has 1 aliphatic rings. The largest absolute Gasteiger partial charge is 0.374 e. The zero-order chi connectivity index (χ0) is 18.3. The molecule has 0 bridgehead atoms. The van der Waals surface area contributed by atoms with Crippen molar-refractivity contribution < 1.29 is 4.74 Å². The lowest BCUT2D eigenvalue weighted by Crippen LogP contribution is -2.46. The average Bonchev–Trinajstić information content (AvgIpc) is 3.19. The number of morpholine rings is 1. The Hall–Kier alpha value is -2.19. The summed E-state index contributed by atoms with van der Waals surface area (Å²) in [6, 6.07) is 12.4. The van der Waals surface area contributed by atoms with Crippen LogP contribution >= 0.6 is 11.3 Å². The van der Waals surface area contributed by atoms with Gasteiger partial charge in [-0.15, -0.1) is 11.3 Å². The quantitative estimate of drug-likeness (QED) is 0.679. The molecule has 0 spiro atoms. The molecule has 1 fully saturated rings. The van der Waals surface area contributed by atoms with E-state index >= 15 is 0 Å². The zero-order valence-electron chi connectivity index (χ0n) is 15.1. The predicted octanol–water partition coefficient (Wildman–Crippen LogP) is 2.59. The van der Waals surface area contributed by atoms with Crippen molar-refractivity contribution in [2.24, 2.45) is 0 Å². The van der Waals surface area contributed by atoms with Gasteiger partial charge in [-0.1, -0.05) is 30.3 Å². The van der Waals surface area contributed by atoms with Gasteiger partial charge in [0.1, 0.15) is 0 Å². The number of rotatable bonds is 7. The van der Waals surface area contributed by atoms with Gasteiger partial charge in [-0.25, -0.2) is 15.0 Å². The molecule has 0 unspecified atom stereocenters. The third-order valence-corrected chi connectivity index (χ3v) is 5.35. The molecule has 1 aliphatic heterocycles. The molecule has 1 N–H and O–H groups in total. The molecule has 27 heavy (non-hydrogen) atoms. The normalized spacial score (nSPS) is 17.9. The van der Waals surface area contributed by atoms with Gasteiger partial charge < -0.3 is 10.1 Å². The molecule has 3 aromatic rings. The van der Waals surface area contributed by atoms with E-state index in [0.29, 0.717) is 5.82 Å². The summed E-state index contributed by atoms with van der Waals surface area (Å²) in [7, 11) is 0. The Balaban J connectivity index is 1.24. The van der Waals surface area contributed by atoms with Gasteiger partial charge in [-0.3, -0.25) is 4.90 Å². The number of aromatic nitrogens is 3. The summed E-state index contributed by atoms with van der Waals surface area (Å²) in [6.45, 7) is 5.24. The monoisotopic (exact) mass is 381 g/mol. The van der Waals surface area contributed by atoms with Crippen molar-refractivity contribution in [3.05, 3.63) is 65.4 Å². The van der Waals surface area contributed by atoms with E-state index in [1.807, 2.05) is 6.07 Å². The minimum atomic E-state index is 0.207. The van der Waals surface area contributed by atoms with Crippen molar-refractivity contribution in [1.82, 2.24) is 25.2 Å². The van der Waals surface area contributed by atoms with Crippen LogP contribution in [0, 0.1) is 0 Å². The molecule has 4 rings (SSSR count). The van der Waals surface area contributed by atoms with E-state index in [2.05, 4.69) is 60.9 Å². The summed E-state index contributed by atoms with van der Waals surface area (Å²) < 4.78 is 5.92. The smallest absolute Gasteiger partial charge is 0.188 e. The number of nitrogens with one attached hydrogen (secondary N) is 1. The summed E-state index contributed by atoms with van der Waals surface area (Å²) in [5, 5.41) is 6.39. The maximum Gasteiger partial charge on any atom is 0.188 e. The van der Waals surface area contributed by atoms with Gasteiger partial charge in [0, 0.05) is 50.5 Å². The van der Waals surface area contributed by atoms with Crippen LogP contribution < -0.4 is 5.32 Å². The second-order valence-electron chi connectivity index (χ2n) is 6.56. The maximum absolute atomic E-state index is 5.92. The van der Waals surface area contributed by atoms with Crippen LogP contribution in [0.5, 0.6) is 0 Å². The molecule has 0 amide bonds. The van der Waals surface area contributed by atoms with Gasteiger partial charge in [-0.05, 0) is 11.6 Å². The third-order valence-electron chi connectivity index (χ3n) is 4.46. The van der Waals surface area contributed by atoms with Crippen LogP contribution in [0.1, 0.15) is 11.3 Å². The Morgan fingerprint density at radius 1 is 1.15 bits per heavy atom. The molecular weight excluding hydrogens is 358 g/mol. The first-order valence-electron chi connectivity index (χ1n) is 9.17. The minimum Gasteiger partial charge on any atom is -0.374 e. The first-order chi connectivity index (χ1) is 13.4. The lowest BCUT2D eigenvalue weighted by atomic mass is 10.2. The Morgan fingerprint density at radius 2 is 2.00 bits per heavy atom. The van der Waals surface area contributed by atoms with Gasteiger partial charge in [0.15, 0.2) is 10.8 Å². The fourth-order valence-corrected chi connectivity index (χ4v) is 3.92. The SMILES string of the molecule is c1ccc(CN2CCO[C@@H](CNCc3csc(-c4ncccn4)n3)C2)cc1. The molecule has 1 aromatic carbocycles. The van der Waals surface area contributed by atoms with Crippen molar-refractivity contribution in [3.8, 4) is 10.8 Å². The third kappa shape index (κ3) is 5.17. The number of hydrogen-bond acceptors (Lipinski definition) is 7. The molecule has 6 nitrogen and oxygen atoms in total. The highest BCUT2D eigenvalue weighted by Gasteiger charge is 2.20. The van der Waals surface area contributed by atoms with Gasteiger partial charge in [-0.2, -0.15) is 0 Å². The molecular formula is C20H23N5OS. The summed E-state index contributed by atoms with van der Waals surface area (Å²) in [5.74, 6) is 0.681. The van der Waals surface area contributed by atoms with Crippen molar-refractivity contribution >= 4 is 11.3 Å². The standard InChI is InChI=1S/C20H23N5OS/c1-2-5-16(6-3-1)13-25-9-10-26-18(14-25)12-21-11-17-15-27-20(24-17)19-22-7-4-8-23-19/h1-8,15,18,21H,9-14H2/t18-/m0/s1. The molecule has 0 saturated carbocycles. The first kappa shape index (κ1) is 18.2. The Labute approximate surface area is 163 Å². The van der Waals surface area contributed by atoms with Gasteiger partial charge in [0.05, 0.1) is 18.4 Å². The van der Waals surface area contributed by atoms with Gasteiger partial charge in [0.2, 0.25) is 0 Å². The van der Waals surface area contributed by atoms with Crippen LogP contribution in [0.2, 0.25) is 0 Å². The second kappa shape index (κ2) is 9.14. The van der Waals surface area contributed by atoms with Crippen LogP contribution in [0.4, 0.5) is 0 Å². The highest BCUT2D eigenvalue weighted by molar-refractivity contribution is 7.13. The predicted molar refractivity (Wildman–Crippen MR) is 106 cm³/mol. The summed E-state index contributed by atoms with van der Waals surface area (Å²) >= 11 is 1.57. The lowest BCUT2D eigenvalue weighted by molar-refractivity contribution is -0.0300. The fraction of sp³-hybridized carbons (Fsp3) is 0.350. The van der Waals surface area contributed by atoms with Crippen LogP contribution in [0.25, 0.3) is 10.8 Å². The molecule has 0 radical (unpaired) electrons. The number of thiazole rings is 1. The zero-order valence-corrected chi connectivity index (χ0v) is 15.9. The fourth-order valence-electron chi connectivity index (χ4n) is 3.15. The van der Waals surface area contributed by atoms with E-state index in [9.17, 15) is 0 Å². The van der Waals surface area contributed by atoms with E-state index in [1.165, 1.54) is 5.56 Å². The van der Waals surface area contributed by atoms with Crippen molar-refractivity contribution in [1.29, 1.82) is 0 Å². The Bertz CT molecular complexity index is 827. The second-order valence-corrected chi connectivity index (χ2v) is 7.42. The van der Waals surface area contributed by atoms with E-state index in [-0.39, 0.29) is 6.10 Å². The number of benzene rings is 1. The molecule has 1 saturated heterocycles. The Kier molecular flexibility index (Phi) is 6.16. The molecule has 140 valence electrons. The van der Waals surface area contributed by atoms with Gasteiger partial charge in [0.25, 0.3) is 0 Å². The van der Waals surface area contributed by atoms with Crippen molar-refractivity contribution in [2.45, 2.75) is 19.2 Å². The molecule has 2 aromatic heterocycles. The first-order valence-corrected chi connectivity index (χ1v) is 10.1.